The van der Waals surface area contributed by atoms with Crippen LogP contribution >= 0.6 is 46.9 Å². The molecule has 0 saturated heterocycles. The summed E-state index contributed by atoms with van der Waals surface area (Å²) in [5.74, 6) is 0.674. The lowest BCUT2D eigenvalue weighted by Crippen LogP contribution is -2.37. The molecule has 0 radical (unpaired) electrons. The van der Waals surface area contributed by atoms with Crippen LogP contribution in [0.4, 0.5) is 0 Å². The fraction of sp³-hybridized carbons (Fsp3) is 0.421. The molecule has 10 heteroatoms. The molecule has 1 aromatic carbocycles. The number of hydrogen-bond acceptors (Lipinski definition) is 4. The molecule has 0 fully saturated rings. The van der Waals surface area contributed by atoms with Crippen molar-refractivity contribution in [1.29, 1.82) is 0 Å². The Kier molecular flexibility index (Phi) is 11.5. The van der Waals surface area contributed by atoms with E-state index in [9.17, 15) is 8.42 Å². The Bertz CT molecular complexity index is 899. The van der Waals surface area contributed by atoms with E-state index in [-0.39, 0.29) is 24.0 Å². The largest absolute Gasteiger partial charge is 0.356 e. The predicted molar refractivity (Wildman–Crippen MR) is 133 cm³/mol. The molecule has 0 saturated carbocycles. The van der Waals surface area contributed by atoms with Crippen LogP contribution in [0.25, 0.3) is 0 Å². The molecule has 1 aromatic heterocycles. The molecule has 2 rings (SSSR count). The second kappa shape index (κ2) is 12.7. The van der Waals surface area contributed by atoms with Crippen LogP contribution in [0.2, 0.25) is 5.02 Å². The minimum absolute atomic E-state index is 0. The highest BCUT2D eigenvalue weighted by atomic mass is 127. The summed E-state index contributed by atoms with van der Waals surface area (Å²) >= 11 is 7.49. The minimum Gasteiger partial charge on any atom is -0.356 e. The average Bonchev–Trinajstić information content (AvgIpc) is 3.16. The Hall–Kier alpha value is -0.880. The predicted octanol–water partition coefficient (Wildman–Crippen LogP) is 3.96. The first kappa shape index (κ1) is 26.2. The second-order valence-electron chi connectivity index (χ2n) is 6.00. The quantitative estimate of drug-likeness (QED) is 0.272. The van der Waals surface area contributed by atoms with E-state index >= 15 is 0 Å². The van der Waals surface area contributed by atoms with Gasteiger partial charge in [0, 0.05) is 43.1 Å². The van der Waals surface area contributed by atoms with Crippen molar-refractivity contribution in [2.24, 2.45) is 4.99 Å². The summed E-state index contributed by atoms with van der Waals surface area (Å²) < 4.78 is 27.0. The van der Waals surface area contributed by atoms with Crippen LogP contribution < -0.4 is 10.6 Å². The van der Waals surface area contributed by atoms with Gasteiger partial charge in [0.25, 0.3) is 10.0 Å². The van der Waals surface area contributed by atoms with Crippen LogP contribution in [-0.2, 0) is 23.0 Å². The minimum atomic E-state index is -3.39. The molecular formula is C19H28ClIN4O2S2. The van der Waals surface area contributed by atoms with Crippen molar-refractivity contribution < 1.29 is 8.42 Å². The fourth-order valence-corrected chi connectivity index (χ4v) is 5.84. The van der Waals surface area contributed by atoms with Crippen LogP contribution in [0.1, 0.15) is 24.3 Å². The van der Waals surface area contributed by atoms with E-state index in [2.05, 4.69) is 15.6 Å². The Morgan fingerprint density at radius 2 is 1.83 bits per heavy atom. The molecule has 0 aliphatic rings. The zero-order valence-electron chi connectivity index (χ0n) is 16.8. The average molecular weight is 571 g/mol. The molecule has 0 spiro atoms. The van der Waals surface area contributed by atoms with Crippen molar-refractivity contribution in [3.8, 4) is 0 Å². The fourth-order valence-electron chi connectivity index (χ4n) is 2.67. The highest BCUT2D eigenvalue weighted by Gasteiger charge is 2.23. The van der Waals surface area contributed by atoms with Crippen LogP contribution in [0.15, 0.2) is 45.6 Å². The molecule has 0 amide bonds. The maximum absolute atomic E-state index is 12.6. The first-order chi connectivity index (χ1) is 13.4. The number of aliphatic imine (C=N–C) groups is 1. The number of benzene rings is 1. The van der Waals surface area contributed by atoms with Crippen LogP contribution in [-0.4, -0.2) is 45.4 Å². The van der Waals surface area contributed by atoms with Gasteiger partial charge in [-0.3, -0.25) is 4.99 Å². The van der Waals surface area contributed by atoms with Gasteiger partial charge < -0.3 is 10.6 Å². The topological polar surface area (TPSA) is 73.8 Å². The molecule has 0 atom stereocenters. The smallest absolute Gasteiger partial charge is 0.252 e. The molecule has 2 N–H and O–H groups in total. The standard InChI is InChI=1S/C19H27ClN4O2S2.HI/c1-4-24(5-2)28(25,26)18-11-10-16(27-18)12-13-22-19(21-3)23-14-15-8-6-7-9-17(15)20;/h6-11H,4-5,12-14H2,1-3H3,(H2,21,22,23);1H. The van der Waals surface area contributed by atoms with Gasteiger partial charge in [0.1, 0.15) is 4.21 Å². The first-order valence-electron chi connectivity index (χ1n) is 9.19. The monoisotopic (exact) mass is 570 g/mol. The van der Waals surface area contributed by atoms with Gasteiger partial charge in [0.05, 0.1) is 0 Å². The number of sulfonamides is 1. The third kappa shape index (κ3) is 7.39. The zero-order chi connectivity index (χ0) is 20.6. The first-order valence-corrected chi connectivity index (χ1v) is 11.8. The summed E-state index contributed by atoms with van der Waals surface area (Å²) in [6, 6.07) is 11.2. The highest BCUT2D eigenvalue weighted by Crippen LogP contribution is 2.25. The Morgan fingerprint density at radius 3 is 2.45 bits per heavy atom. The van der Waals surface area contributed by atoms with Gasteiger partial charge in [-0.25, -0.2) is 8.42 Å². The number of nitrogens with zero attached hydrogens (tertiary/aromatic N) is 2. The summed E-state index contributed by atoms with van der Waals surface area (Å²) in [5.41, 5.74) is 0.997. The Morgan fingerprint density at radius 1 is 1.14 bits per heavy atom. The third-order valence-electron chi connectivity index (χ3n) is 4.23. The number of nitrogens with one attached hydrogen (secondary N) is 2. The van der Waals surface area contributed by atoms with Crippen LogP contribution in [0, 0.1) is 0 Å². The van der Waals surface area contributed by atoms with Crippen molar-refractivity contribution in [2.45, 2.75) is 31.0 Å². The zero-order valence-corrected chi connectivity index (χ0v) is 21.5. The van der Waals surface area contributed by atoms with Crippen molar-refractivity contribution >= 4 is 62.9 Å². The molecular weight excluding hydrogens is 543 g/mol. The van der Waals surface area contributed by atoms with Gasteiger partial charge in [0.2, 0.25) is 0 Å². The van der Waals surface area contributed by atoms with Gasteiger partial charge in [-0.1, -0.05) is 43.6 Å². The molecule has 0 unspecified atom stereocenters. The highest BCUT2D eigenvalue weighted by molar-refractivity contribution is 14.0. The molecule has 0 aliphatic carbocycles. The van der Waals surface area contributed by atoms with Gasteiger partial charge in [-0.05, 0) is 30.2 Å². The van der Waals surface area contributed by atoms with Crippen molar-refractivity contribution in [3.05, 3.63) is 51.9 Å². The van der Waals surface area contributed by atoms with Gasteiger partial charge in [-0.2, -0.15) is 4.31 Å². The second-order valence-corrected chi connectivity index (χ2v) is 9.74. The van der Waals surface area contributed by atoms with Crippen molar-refractivity contribution in [2.75, 3.05) is 26.7 Å². The van der Waals surface area contributed by atoms with Crippen molar-refractivity contribution in [3.63, 3.8) is 0 Å². The SMILES string of the molecule is CCN(CC)S(=O)(=O)c1ccc(CCNC(=NC)NCc2ccccc2Cl)s1.I. The Labute approximate surface area is 199 Å². The van der Waals surface area contributed by atoms with E-state index in [1.165, 1.54) is 15.6 Å². The van der Waals surface area contributed by atoms with Crippen LogP contribution in [0.3, 0.4) is 0 Å². The van der Waals surface area contributed by atoms with E-state index in [4.69, 9.17) is 11.6 Å². The van der Waals surface area contributed by atoms with E-state index in [1.807, 2.05) is 44.2 Å². The summed E-state index contributed by atoms with van der Waals surface area (Å²) in [5, 5.41) is 7.18. The number of thiophene rings is 1. The molecule has 0 bridgehead atoms. The summed E-state index contributed by atoms with van der Waals surface area (Å²) in [6.45, 7) is 5.86. The third-order valence-corrected chi connectivity index (χ3v) is 8.26. The molecule has 6 nitrogen and oxygen atoms in total. The normalized spacial score (nSPS) is 12.0. The van der Waals surface area contributed by atoms with Crippen LogP contribution in [0.5, 0.6) is 0 Å². The van der Waals surface area contributed by atoms with E-state index in [0.717, 1.165) is 10.4 Å². The van der Waals surface area contributed by atoms with Gasteiger partial charge >= 0.3 is 0 Å². The summed E-state index contributed by atoms with van der Waals surface area (Å²) in [7, 11) is -1.68. The van der Waals surface area contributed by atoms with Crippen molar-refractivity contribution in [1.82, 2.24) is 14.9 Å². The Balaban J connectivity index is 0.00000420. The van der Waals surface area contributed by atoms with Gasteiger partial charge in [0.15, 0.2) is 5.96 Å². The lowest BCUT2D eigenvalue weighted by atomic mass is 10.2. The molecule has 1 heterocycles. The lowest BCUT2D eigenvalue weighted by molar-refractivity contribution is 0.447. The number of rotatable bonds is 9. The molecule has 29 heavy (non-hydrogen) atoms. The van der Waals surface area contributed by atoms with Gasteiger partial charge in [-0.15, -0.1) is 35.3 Å². The van der Waals surface area contributed by atoms with E-state index < -0.39 is 10.0 Å². The molecule has 0 aliphatic heterocycles. The number of guanidine groups is 1. The summed E-state index contributed by atoms with van der Waals surface area (Å²) in [6.07, 6.45) is 0.714. The number of halogens is 2. The lowest BCUT2D eigenvalue weighted by Gasteiger charge is -2.16. The molecule has 162 valence electrons. The molecule has 2 aromatic rings. The maximum Gasteiger partial charge on any atom is 0.252 e. The number of hydrogen-bond donors (Lipinski definition) is 2. The maximum atomic E-state index is 12.6. The van der Waals surface area contributed by atoms with E-state index in [1.54, 1.807) is 13.1 Å². The van der Waals surface area contributed by atoms with E-state index in [0.29, 0.717) is 47.8 Å². The summed E-state index contributed by atoms with van der Waals surface area (Å²) in [4.78, 5) is 5.22.